The van der Waals surface area contributed by atoms with Gasteiger partial charge in [-0.05, 0) is 59.5 Å². The predicted molar refractivity (Wildman–Crippen MR) is 145 cm³/mol. The molecule has 6 aromatic rings. The highest BCUT2D eigenvalue weighted by molar-refractivity contribution is 7.26. The Morgan fingerprint density at radius 1 is 0.600 bits per heavy atom. The molecule has 4 heterocycles. The molecular weight excluding hydrogens is 449 g/mol. The van der Waals surface area contributed by atoms with Gasteiger partial charge in [-0.15, -0.1) is 11.3 Å². The number of hydrogen-bond acceptors (Lipinski definition) is 4. The van der Waals surface area contributed by atoms with Crippen LogP contribution in [0.25, 0.3) is 20.2 Å². The molecule has 162 valence electrons. The molecule has 3 aliphatic heterocycles. The van der Waals surface area contributed by atoms with E-state index >= 15 is 0 Å². The quantitative estimate of drug-likeness (QED) is 0.256. The highest BCUT2D eigenvalue weighted by atomic mass is 32.1. The average molecular weight is 465 g/mol. The second-order valence-corrected chi connectivity index (χ2v) is 10.4. The number of benzene rings is 5. The lowest BCUT2D eigenvalue weighted by molar-refractivity contribution is 0.468. The topological polar surface area (TPSA) is 21.7 Å². The van der Waals surface area contributed by atoms with E-state index in [9.17, 15) is 0 Å². The van der Waals surface area contributed by atoms with E-state index in [0.29, 0.717) is 0 Å². The van der Waals surface area contributed by atoms with E-state index < -0.39 is 0 Å². The molecule has 0 atom stereocenters. The molecule has 5 aromatic carbocycles. The Balaban J connectivity index is 1.43. The van der Waals surface area contributed by atoms with Gasteiger partial charge in [0, 0.05) is 42.7 Å². The van der Waals surface area contributed by atoms with Crippen LogP contribution in [0, 0.1) is 0 Å². The summed E-state index contributed by atoms with van der Waals surface area (Å²) < 4.78 is 15.9. The summed E-state index contributed by atoms with van der Waals surface area (Å²) in [5, 5.41) is 2.43. The largest absolute Gasteiger partial charge is 0.458 e. The van der Waals surface area contributed by atoms with Gasteiger partial charge in [0.05, 0.1) is 0 Å². The van der Waals surface area contributed by atoms with Crippen LogP contribution < -0.4 is 30.8 Å². The molecule has 1 aromatic heterocycles. The highest BCUT2D eigenvalue weighted by Crippen LogP contribution is 2.49. The second-order valence-electron chi connectivity index (χ2n) is 9.27. The van der Waals surface area contributed by atoms with Crippen LogP contribution in [0.4, 0.5) is 17.1 Å². The standard InChI is InChI=1S/C30H16BNO2S/c1-2-8-17(9-3-1)32-19-11-6-13-21-27(19)31-28-20(32)12-7-14-22(28)34-30-26-18-10-4-5-15-24(18)35-25(26)16-23(33-21)29(30)31/h1-16H. The summed E-state index contributed by atoms with van der Waals surface area (Å²) in [7, 11) is 0. The van der Waals surface area contributed by atoms with Crippen molar-refractivity contribution < 1.29 is 9.47 Å². The Kier molecular flexibility index (Phi) is 3.25. The van der Waals surface area contributed by atoms with Gasteiger partial charge in [0.2, 0.25) is 0 Å². The zero-order valence-electron chi connectivity index (χ0n) is 18.5. The van der Waals surface area contributed by atoms with Crippen molar-refractivity contribution in [2.75, 3.05) is 4.90 Å². The first kappa shape index (κ1) is 18.2. The van der Waals surface area contributed by atoms with Crippen LogP contribution in [0.3, 0.4) is 0 Å². The van der Waals surface area contributed by atoms with Gasteiger partial charge in [-0.1, -0.05) is 48.5 Å². The van der Waals surface area contributed by atoms with Gasteiger partial charge in [0.25, 0.3) is 6.71 Å². The Morgan fingerprint density at radius 2 is 1.31 bits per heavy atom. The van der Waals surface area contributed by atoms with Crippen molar-refractivity contribution in [3.63, 3.8) is 0 Å². The fraction of sp³-hybridized carbons (Fsp3) is 0. The van der Waals surface area contributed by atoms with Gasteiger partial charge in [-0.25, -0.2) is 0 Å². The van der Waals surface area contributed by atoms with E-state index in [1.54, 1.807) is 11.3 Å². The lowest BCUT2D eigenvalue weighted by atomic mass is 9.33. The molecule has 3 aliphatic rings. The summed E-state index contributed by atoms with van der Waals surface area (Å²) >= 11 is 1.80. The maximum Gasteiger partial charge on any atom is 0.266 e. The number of para-hydroxylation sites is 1. The van der Waals surface area contributed by atoms with E-state index in [1.165, 1.54) is 31.1 Å². The second kappa shape index (κ2) is 6.26. The van der Waals surface area contributed by atoms with Crippen LogP contribution in [0.2, 0.25) is 0 Å². The van der Waals surface area contributed by atoms with Crippen LogP contribution >= 0.6 is 11.3 Å². The van der Waals surface area contributed by atoms with Crippen molar-refractivity contribution in [1.82, 2.24) is 0 Å². The van der Waals surface area contributed by atoms with E-state index in [0.717, 1.165) is 45.5 Å². The molecule has 0 amide bonds. The Labute approximate surface area is 205 Å². The summed E-state index contributed by atoms with van der Waals surface area (Å²) in [4.78, 5) is 2.34. The van der Waals surface area contributed by atoms with Crippen LogP contribution in [0.1, 0.15) is 0 Å². The summed E-state index contributed by atoms with van der Waals surface area (Å²) in [5.74, 6) is 3.70. The fourth-order valence-electron chi connectivity index (χ4n) is 6.17. The molecule has 0 bridgehead atoms. The molecule has 3 nitrogen and oxygen atoms in total. The molecule has 0 N–H and O–H groups in total. The van der Waals surface area contributed by atoms with Crippen molar-refractivity contribution in [2.45, 2.75) is 0 Å². The summed E-state index contributed by atoms with van der Waals surface area (Å²) in [6, 6.07) is 34.2. The molecular formula is C30H16BNO2S. The third-order valence-electron chi connectivity index (χ3n) is 7.50. The molecule has 9 rings (SSSR count). The van der Waals surface area contributed by atoms with E-state index in [-0.39, 0.29) is 6.71 Å². The van der Waals surface area contributed by atoms with Crippen LogP contribution in [-0.4, -0.2) is 6.71 Å². The number of fused-ring (bicyclic) bond motifs is 4. The third kappa shape index (κ3) is 2.18. The number of thiophene rings is 1. The molecule has 0 radical (unpaired) electrons. The SMILES string of the molecule is c1ccc(N2c3cccc4c3B3c5c(cccc52)Oc2c3c(cc3sc5ccccc5c23)O4)cc1. The van der Waals surface area contributed by atoms with Crippen LogP contribution in [-0.2, 0) is 0 Å². The van der Waals surface area contributed by atoms with Crippen LogP contribution in [0.15, 0.2) is 97.1 Å². The lowest BCUT2D eigenvalue weighted by Gasteiger charge is -2.42. The minimum atomic E-state index is 0.0722. The minimum absolute atomic E-state index is 0.0722. The van der Waals surface area contributed by atoms with Gasteiger partial charge in [0.1, 0.15) is 23.0 Å². The van der Waals surface area contributed by atoms with Crippen LogP contribution in [0.5, 0.6) is 23.0 Å². The van der Waals surface area contributed by atoms with Crippen molar-refractivity contribution in [2.24, 2.45) is 0 Å². The molecule has 5 heteroatoms. The summed E-state index contributed by atoms with van der Waals surface area (Å²) in [5.41, 5.74) is 7.03. The third-order valence-corrected chi connectivity index (χ3v) is 8.62. The van der Waals surface area contributed by atoms with Gasteiger partial charge in [0.15, 0.2) is 0 Å². The average Bonchev–Trinajstić information content (AvgIpc) is 3.28. The molecule has 0 unspecified atom stereocenters. The van der Waals surface area contributed by atoms with Gasteiger partial charge < -0.3 is 14.4 Å². The number of ether oxygens (including phenoxy) is 2. The smallest absolute Gasteiger partial charge is 0.266 e. The van der Waals surface area contributed by atoms with Gasteiger partial charge in [-0.3, -0.25) is 0 Å². The predicted octanol–water partition coefficient (Wildman–Crippen LogP) is 6.57. The first-order chi connectivity index (χ1) is 17.4. The number of rotatable bonds is 1. The Hall–Kier alpha value is -4.22. The number of anilines is 3. The van der Waals surface area contributed by atoms with Gasteiger partial charge in [-0.2, -0.15) is 0 Å². The first-order valence-electron chi connectivity index (χ1n) is 11.8. The maximum atomic E-state index is 6.81. The molecule has 0 saturated carbocycles. The Bertz CT molecular complexity index is 1860. The molecule has 35 heavy (non-hydrogen) atoms. The van der Waals surface area contributed by atoms with E-state index in [1.807, 2.05) is 0 Å². The number of hydrogen-bond donors (Lipinski definition) is 0. The summed E-state index contributed by atoms with van der Waals surface area (Å²) in [6.45, 7) is 0.0722. The zero-order chi connectivity index (χ0) is 22.7. The zero-order valence-corrected chi connectivity index (χ0v) is 19.3. The molecule has 0 fully saturated rings. The monoisotopic (exact) mass is 465 g/mol. The fourth-order valence-corrected chi connectivity index (χ4v) is 7.30. The Morgan fingerprint density at radius 3 is 2.11 bits per heavy atom. The minimum Gasteiger partial charge on any atom is -0.458 e. The number of nitrogens with zero attached hydrogens (tertiary/aromatic N) is 1. The van der Waals surface area contributed by atoms with Crippen molar-refractivity contribution in [3.05, 3.63) is 97.1 Å². The summed E-state index contributed by atoms with van der Waals surface area (Å²) in [6.07, 6.45) is 0. The maximum absolute atomic E-state index is 6.81. The highest BCUT2D eigenvalue weighted by Gasteiger charge is 2.48. The molecule has 0 aliphatic carbocycles. The van der Waals surface area contributed by atoms with E-state index in [2.05, 4.69) is 102 Å². The van der Waals surface area contributed by atoms with Crippen molar-refractivity contribution in [1.29, 1.82) is 0 Å². The normalized spacial score (nSPS) is 14.1. The molecule has 0 spiro atoms. The molecule has 0 saturated heterocycles. The van der Waals surface area contributed by atoms with Crippen molar-refractivity contribution in [3.8, 4) is 23.0 Å². The van der Waals surface area contributed by atoms with Gasteiger partial charge >= 0.3 is 0 Å². The van der Waals surface area contributed by atoms with Crippen molar-refractivity contribution >= 4 is 71.7 Å². The van der Waals surface area contributed by atoms with E-state index in [4.69, 9.17) is 9.47 Å². The lowest BCUT2D eigenvalue weighted by Crippen LogP contribution is -2.61. The first-order valence-corrected chi connectivity index (χ1v) is 12.6.